The third kappa shape index (κ3) is 4.32. The van der Waals surface area contributed by atoms with Gasteiger partial charge in [0.05, 0.1) is 11.1 Å². The minimum Gasteiger partial charge on any atom is -0.340 e. The molecule has 2 heterocycles. The van der Waals surface area contributed by atoms with E-state index in [9.17, 15) is 18.0 Å². The molecule has 0 spiro atoms. The van der Waals surface area contributed by atoms with Gasteiger partial charge in [0.25, 0.3) is 5.91 Å². The first-order valence-corrected chi connectivity index (χ1v) is 8.21. The predicted molar refractivity (Wildman–Crippen MR) is 92.4 cm³/mol. The SMILES string of the molecule is CN1CCN(C(=O)c2ccc(Nc3ccc(C(F)(F)F)cc3)nc2)CC1. The third-order valence-electron chi connectivity index (χ3n) is 4.29. The first-order chi connectivity index (χ1) is 12.3. The molecule has 5 nitrogen and oxygen atoms in total. The summed E-state index contributed by atoms with van der Waals surface area (Å²) >= 11 is 0. The summed E-state index contributed by atoms with van der Waals surface area (Å²) in [4.78, 5) is 20.6. The Hall–Kier alpha value is -2.61. The number of aromatic nitrogens is 1. The lowest BCUT2D eigenvalue weighted by atomic mass is 10.2. The summed E-state index contributed by atoms with van der Waals surface area (Å²) < 4.78 is 37.7. The van der Waals surface area contributed by atoms with Gasteiger partial charge >= 0.3 is 6.18 Å². The monoisotopic (exact) mass is 364 g/mol. The number of benzene rings is 1. The number of pyridine rings is 1. The van der Waals surface area contributed by atoms with Gasteiger partial charge in [-0.05, 0) is 43.4 Å². The average molecular weight is 364 g/mol. The maximum atomic E-state index is 12.6. The van der Waals surface area contributed by atoms with E-state index < -0.39 is 11.7 Å². The Bertz CT molecular complexity index is 752. The third-order valence-corrected chi connectivity index (χ3v) is 4.29. The van der Waals surface area contributed by atoms with Crippen molar-refractivity contribution in [3.8, 4) is 0 Å². The van der Waals surface area contributed by atoms with E-state index in [0.717, 1.165) is 25.2 Å². The van der Waals surface area contributed by atoms with Crippen molar-refractivity contribution >= 4 is 17.4 Å². The number of carbonyl (C=O) groups excluding carboxylic acids is 1. The highest BCUT2D eigenvalue weighted by atomic mass is 19.4. The quantitative estimate of drug-likeness (QED) is 0.909. The minimum absolute atomic E-state index is 0.0633. The zero-order chi connectivity index (χ0) is 18.7. The number of anilines is 2. The Balaban J connectivity index is 1.63. The number of hydrogen-bond donors (Lipinski definition) is 1. The first kappa shape index (κ1) is 18.2. The largest absolute Gasteiger partial charge is 0.416 e. The van der Waals surface area contributed by atoms with Gasteiger partial charge in [0.15, 0.2) is 0 Å². The van der Waals surface area contributed by atoms with E-state index in [-0.39, 0.29) is 5.91 Å². The van der Waals surface area contributed by atoms with E-state index in [1.165, 1.54) is 18.3 Å². The summed E-state index contributed by atoms with van der Waals surface area (Å²) in [5.41, 5.74) is 0.278. The Labute approximate surface area is 149 Å². The van der Waals surface area contributed by atoms with E-state index >= 15 is 0 Å². The average Bonchev–Trinajstić information content (AvgIpc) is 2.62. The van der Waals surface area contributed by atoms with Crippen LogP contribution in [0.4, 0.5) is 24.7 Å². The number of hydrogen-bond acceptors (Lipinski definition) is 4. The smallest absolute Gasteiger partial charge is 0.340 e. The first-order valence-electron chi connectivity index (χ1n) is 8.21. The maximum Gasteiger partial charge on any atom is 0.416 e. The molecule has 0 atom stereocenters. The second-order valence-corrected chi connectivity index (χ2v) is 6.23. The molecular formula is C18H19F3N4O. The Morgan fingerprint density at radius 3 is 2.23 bits per heavy atom. The number of amides is 1. The topological polar surface area (TPSA) is 48.5 Å². The molecule has 1 aromatic carbocycles. The summed E-state index contributed by atoms with van der Waals surface area (Å²) in [5, 5.41) is 2.92. The molecule has 1 aliphatic rings. The summed E-state index contributed by atoms with van der Waals surface area (Å²) in [6.45, 7) is 3.04. The fourth-order valence-electron chi connectivity index (χ4n) is 2.68. The molecule has 1 aliphatic heterocycles. The molecule has 3 rings (SSSR count). The molecule has 0 saturated carbocycles. The molecule has 0 unspecified atom stereocenters. The second kappa shape index (κ2) is 7.33. The molecule has 0 bridgehead atoms. The molecule has 0 aliphatic carbocycles. The normalized spacial score (nSPS) is 15.8. The molecule has 2 aromatic rings. The lowest BCUT2D eigenvalue weighted by Crippen LogP contribution is -2.47. The number of nitrogens with one attached hydrogen (secondary N) is 1. The van der Waals surface area contributed by atoms with Crippen molar-refractivity contribution < 1.29 is 18.0 Å². The van der Waals surface area contributed by atoms with E-state index in [0.29, 0.717) is 30.2 Å². The number of piperazine rings is 1. The molecule has 138 valence electrons. The van der Waals surface area contributed by atoms with Crippen LogP contribution in [0.3, 0.4) is 0 Å². The number of alkyl halides is 3. The van der Waals surface area contributed by atoms with Crippen molar-refractivity contribution in [3.63, 3.8) is 0 Å². The summed E-state index contributed by atoms with van der Waals surface area (Å²) in [7, 11) is 2.02. The van der Waals surface area contributed by atoms with Crippen LogP contribution in [0.5, 0.6) is 0 Å². The number of likely N-dealkylation sites (N-methyl/N-ethyl adjacent to an activating group) is 1. The fourth-order valence-corrected chi connectivity index (χ4v) is 2.68. The summed E-state index contributed by atoms with van der Waals surface area (Å²) in [6.07, 6.45) is -2.88. The van der Waals surface area contributed by atoms with E-state index in [4.69, 9.17) is 0 Å². The number of rotatable bonds is 3. The zero-order valence-corrected chi connectivity index (χ0v) is 14.3. The van der Waals surface area contributed by atoms with Crippen LogP contribution < -0.4 is 5.32 Å². The maximum absolute atomic E-state index is 12.6. The van der Waals surface area contributed by atoms with Crippen LogP contribution in [0.15, 0.2) is 42.6 Å². The summed E-state index contributed by atoms with van der Waals surface area (Å²) in [6, 6.07) is 8.00. The van der Waals surface area contributed by atoms with Crippen molar-refractivity contribution in [1.29, 1.82) is 0 Å². The molecule has 26 heavy (non-hydrogen) atoms. The van der Waals surface area contributed by atoms with Crippen LogP contribution in [0.25, 0.3) is 0 Å². The van der Waals surface area contributed by atoms with Gasteiger partial charge in [0.1, 0.15) is 5.82 Å². The Morgan fingerprint density at radius 2 is 1.69 bits per heavy atom. The van der Waals surface area contributed by atoms with Crippen LogP contribution >= 0.6 is 0 Å². The van der Waals surface area contributed by atoms with Crippen molar-refractivity contribution in [2.75, 3.05) is 38.5 Å². The van der Waals surface area contributed by atoms with Gasteiger partial charge in [0, 0.05) is 38.1 Å². The summed E-state index contributed by atoms with van der Waals surface area (Å²) in [5.74, 6) is 0.395. The molecule has 1 amide bonds. The highest BCUT2D eigenvalue weighted by Crippen LogP contribution is 2.30. The van der Waals surface area contributed by atoms with Crippen molar-refractivity contribution in [2.45, 2.75) is 6.18 Å². The lowest BCUT2D eigenvalue weighted by Gasteiger charge is -2.32. The van der Waals surface area contributed by atoms with Crippen molar-refractivity contribution in [2.24, 2.45) is 0 Å². The number of halogens is 3. The Morgan fingerprint density at radius 1 is 1.04 bits per heavy atom. The lowest BCUT2D eigenvalue weighted by molar-refractivity contribution is -0.137. The van der Waals surface area contributed by atoms with Gasteiger partial charge in [-0.2, -0.15) is 13.2 Å². The highest BCUT2D eigenvalue weighted by molar-refractivity contribution is 5.94. The molecule has 8 heteroatoms. The predicted octanol–water partition coefficient (Wildman–Crippen LogP) is 3.23. The van der Waals surface area contributed by atoms with Crippen molar-refractivity contribution in [1.82, 2.24) is 14.8 Å². The van der Waals surface area contributed by atoms with E-state index in [2.05, 4.69) is 15.2 Å². The molecule has 1 saturated heterocycles. The van der Waals surface area contributed by atoms with Gasteiger partial charge in [-0.25, -0.2) is 4.98 Å². The van der Waals surface area contributed by atoms with Gasteiger partial charge in [0.2, 0.25) is 0 Å². The van der Waals surface area contributed by atoms with Gasteiger partial charge < -0.3 is 15.1 Å². The van der Waals surface area contributed by atoms with Gasteiger partial charge in [-0.3, -0.25) is 4.79 Å². The molecule has 1 N–H and O–H groups in total. The van der Waals surface area contributed by atoms with E-state index in [1.807, 2.05) is 7.05 Å². The fraction of sp³-hybridized carbons (Fsp3) is 0.333. The molecular weight excluding hydrogens is 345 g/mol. The Kier molecular flexibility index (Phi) is 5.13. The number of carbonyl (C=O) groups is 1. The molecule has 0 radical (unpaired) electrons. The van der Waals surface area contributed by atoms with Crippen LogP contribution in [0.1, 0.15) is 15.9 Å². The van der Waals surface area contributed by atoms with Crippen LogP contribution in [0, 0.1) is 0 Å². The van der Waals surface area contributed by atoms with Gasteiger partial charge in [-0.1, -0.05) is 0 Å². The second-order valence-electron chi connectivity index (χ2n) is 6.23. The number of nitrogens with zero attached hydrogens (tertiary/aromatic N) is 3. The minimum atomic E-state index is -4.36. The van der Waals surface area contributed by atoms with Crippen LogP contribution in [0.2, 0.25) is 0 Å². The van der Waals surface area contributed by atoms with Crippen molar-refractivity contribution in [3.05, 3.63) is 53.7 Å². The highest BCUT2D eigenvalue weighted by Gasteiger charge is 2.29. The standard InChI is InChI=1S/C18H19F3N4O/c1-24-8-10-25(11-9-24)17(26)13-2-7-16(22-12-13)23-15-5-3-14(4-6-15)18(19,20)21/h2-7,12H,8-11H2,1H3,(H,22,23). The van der Waals surface area contributed by atoms with E-state index in [1.54, 1.807) is 17.0 Å². The molecule has 1 fully saturated rings. The zero-order valence-electron chi connectivity index (χ0n) is 14.3. The van der Waals surface area contributed by atoms with Crippen LogP contribution in [-0.2, 0) is 6.18 Å². The van der Waals surface area contributed by atoms with Gasteiger partial charge in [-0.15, -0.1) is 0 Å². The van der Waals surface area contributed by atoms with Crippen LogP contribution in [-0.4, -0.2) is 53.9 Å². The molecule has 1 aromatic heterocycles.